The van der Waals surface area contributed by atoms with Crippen LogP contribution in [-0.2, 0) is 9.53 Å². The van der Waals surface area contributed by atoms with Gasteiger partial charge in [0.05, 0.1) is 0 Å². The first kappa shape index (κ1) is 17.3. The van der Waals surface area contributed by atoms with E-state index < -0.39 is 0 Å². The minimum absolute atomic E-state index is 0.00599. The predicted molar refractivity (Wildman–Crippen MR) is 101 cm³/mol. The van der Waals surface area contributed by atoms with Crippen LogP contribution < -0.4 is 5.32 Å². The molecule has 3 nitrogen and oxygen atoms in total. The van der Waals surface area contributed by atoms with Gasteiger partial charge in [-0.05, 0) is 42.5 Å². The van der Waals surface area contributed by atoms with Crippen LogP contribution in [-0.4, -0.2) is 30.4 Å². The number of nitrogens with one attached hydrogen (secondary N) is 1. The van der Waals surface area contributed by atoms with Gasteiger partial charge >= 0.3 is 0 Å². The average molecular weight is 360 g/mol. The van der Waals surface area contributed by atoms with E-state index in [0.29, 0.717) is 6.54 Å². The summed E-state index contributed by atoms with van der Waals surface area (Å²) in [6.07, 6.45) is 5.37. The molecule has 1 aliphatic heterocycles. The van der Waals surface area contributed by atoms with Gasteiger partial charge in [-0.1, -0.05) is 24.3 Å². The van der Waals surface area contributed by atoms with Crippen molar-refractivity contribution in [2.24, 2.45) is 0 Å². The summed E-state index contributed by atoms with van der Waals surface area (Å²) in [5.41, 5.74) is 0. The van der Waals surface area contributed by atoms with Crippen LogP contribution in [0.15, 0.2) is 58.8 Å². The first-order valence-corrected chi connectivity index (χ1v) is 9.77. The molecule has 1 N–H and O–H groups in total. The third-order valence-electron chi connectivity index (χ3n) is 4.01. The second kappa shape index (κ2) is 8.51. The molecule has 1 aromatic heterocycles. The zero-order chi connectivity index (χ0) is 16.7. The lowest BCUT2D eigenvalue weighted by molar-refractivity contribution is -0.116. The Bertz CT molecular complexity index is 662. The summed E-state index contributed by atoms with van der Waals surface area (Å²) in [6, 6.07) is 14.4. The lowest BCUT2D eigenvalue weighted by atomic mass is 9.99. The van der Waals surface area contributed by atoms with Crippen LogP contribution >= 0.6 is 23.1 Å². The Morgan fingerprint density at radius 2 is 2.00 bits per heavy atom. The van der Waals surface area contributed by atoms with Gasteiger partial charge in [-0.2, -0.15) is 0 Å². The second-order valence-electron chi connectivity index (χ2n) is 5.78. The van der Waals surface area contributed by atoms with Crippen LogP contribution in [0.4, 0.5) is 0 Å². The van der Waals surface area contributed by atoms with Gasteiger partial charge in [-0.25, -0.2) is 0 Å². The van der Waals surface area contributed by atoms with Crippen molar-refractivity contribution in [1.82, 2.24) is 5.32 Å². The first-order chi connectivity index (χ1) is 11.8. The fraction of sp³-hybridized carbons (Fsp3) is 0.316. The predicted octanol–water partition coefficient (Wildman–Crippen LogP) is 4.22. The van der Waals surface area contributed by atoms with Crippen LogP contribution in [0.2, 0.25) is 0 Å². The van der Waals surface area contributed by atoms with Gasteiger partial charge in [0.25, 0.3) is 0 Å². The van der Waals surface area contributed by atoms with Crippen LogP contribution in [0.3, 0.4) is 0 Å². The molecule has 2 heterocycles. The minimum atomic E-state index is -0.0390. The van der Waals surface area contributed by atoms with Crippen molar-refractivity contribution in [3.63, 3.8) is 0 Å². The van der Waals surface area contributed by atoms with Crippen molar-refractivity contribution in [3.05, 3.63) is 58.8 Å². The molecule has 1 aromatic carbocycles. The Kier molecular flexibility index (Phi) is 6.12. The average Bonchev–Trinajstić information content (AvgIpc) is 3.14. The second-order valence-corrected chi connectivity index (χ2v) is 8.30. The number of rotatable bonds is 6. The summed E-state index contributed by atoms with van der Waals surface area (Å²) in [4.78, 5) is 14.5. The summed E-state index contributed by atoms with van der Waals surface area (Å²) in [5.74, 6) is -0.0390. The molecule has 3 rings (SSSR count). The summed E-state index contributed by atoms with van der Waals surface area (Å²) in [5, 5.41) is 5.08. The Hall–Kier alpha value is -1.56. The van der Waals surface area contributed by atoms with Crippen LogP contribution in [0.25, 0.3) is 6.08 Å². The molecule has 0 unspecified atom stereocenters. The summed E-state index contributed by atoms with van der Waals surface area (Å²) in [7, 11) is 0. The van der Waals surface area contributed by atoms with Gasteiger partial charge in [0.2, 0.25) is 5.91 Å². The molecule has 0 spiro atoms. The minimum Gasteiger partial charge on any atom is -0.381 e. The molecular formula is C19H21NO2S2. The maximum absolute atomic E-state index is 12.1. The molecule has 0 saturated carbocycles. The highest BCUT2D eigenvalue weighted by Crippen LogP contribution is 2.40. The highest BCUT2D eigenvalue weighted by molar-refractivity contribution is 8.00. The van der Waals surface area contributed by atoms with E-state index in [1.807, 2.05) is 41.4 Å². The van der Waals surface area contributed by atoms with Crippen molar-refractivity contribution in [2.45, 2.75) is 22.5 Å². The molecule has 1 saturated heterocycles. The van der Waals surface area contributed by atoms with Crippen LogP contribution in [0, 0.1) is 0 Å². The van der Waals surface area contributed by atoms with Crippen LogP contribution in [0.5, 0.6) is 0 Å². The Balaban J connectivity index is 1.60. The Morgan fingerprint density at radius 1 is 1.21 bits per heavy atom. The van der Waals surface area contributed by atoms with Crippen molar-refractivity contribution in [1.29, 1.82) is 0 Å². The lowest BCUT2D eigenvalue weighted by Crippen LogP contribution is -2.44. The molecule has 2 aromatic rings. The zero-order valence-corrected chi connectivity index (χ0v) is 15.1. The Morgan fingerprint density at radius 3 is 2.71 bits per heavy atom. The van der Waals surface area contributed by atoms with Gasteiger partial charge in [0.1, 0.15) is 0 Å². The number of hydrogen-bond donors (Lipinski definition) is 1. The van der Waals surface area contributed by atoms with Gasteiger partial charge in [0, 0.05) is 40.4 Å². The summed E-state index contributed by atoms with van der Waals surface area (Å²) >= 11 is 3.48. The lowest BCUT2D eigenvalue weighted by Gasteiger charge is -2.36. The van der Waals surface area contributed by atoms with Crippen LogP contribution in [0.1, 0.15) is 17.7 Å². The maximum Gasteiger partial charge on any atom is 0.244 e. The van der Waals surface area contributed by atoms with E-state index in [1.165, 1.54) is 4.90 Å². The fourth-order valence-corrected chi connectivity index (χ4v) is 4.57. The van der Waals surface area contributed by atoms with Gasteiger partial charge in [0.15, 0.2) is 0 Å². The summed E-state index contributed by atoms with van der Waals surface area (Å²) in [6.45, 7) is 2.16. The quantitative estimate of drug-likeness (QED) is 0.785. The van der Waals surface area contributed by atoms with Crippen molar-refractivity contribution >= 4 is 35.1 Å². The van der Waals surface area contributed by atoms with E-state index in [4.69, 9.17) is 4.74 Å². The number of thiophene rings is 1. The number of carbonyl (C=O) groups excluding carboxylic acids is 1. The monoisotopic (exact) mass is 359 g/mol. The van der Waals surface area contributed by atoms with E-state index in [9.17, 15) is 4.79 Å². The van der Waals surface area contributed by atoms with Crippen molar-refractivity contribution in [2.75, 3.05) is 19.8 Å². The molecule has 24 heavy (non-hydrogen) atoms. The zero-order valence-electron chi connectivity index (χ0n) is 13.4. The Labute approximate surface area is 151 Å². The van der Waals surface area contributed by atoms with E-state index in [-0.39, 0.29) is 10.7 Å². The number of benzene rings is 1. The molecule has 0 aliphatic carbocycles. The number of thioether (sulfide) groups is 1. The number of amides is 1. The molecular weight excluding hydrogens is 338 g/mol. The fourth-order valence-electron chi connectivity index (χ4n) is 2.65. The van der Waals surface area contributed by atoms with E-state index >= 15 is 0 Å². The normalized spacial score (nSPS) is 17.0. The molecule has 5 heteroatoms. The molecule has 0 radical (unpaired) electrons. The smallest absolute Gasteiger partial charge is 0.244 e. The van der Waals surface area contributed by atoms with Gasteiger partial charge in [-0.3, -0.25) is 4.79 Å². The number of carbonyl (C=O) groups is 1. The van der Waals surface area contributed by atoms with Crippen molar-refractivity contribution < 1.29 is 9.53 Å². The number of hydrogen-bond acceptors (Lipinski definition) is 4. The van der Waals surface area contributed by atoms with Crippen molar-refractivity contribution in [3.8, 4) is 0 Å². The maximum atomic E-state index is 12.1. The van der Waals surface area contributed by atoms with E-state index in [2.05, 4.69) is 29.6 Å². The molecule has 1 aliphatic rings. The molecule has 0 atom stereocenters. The molecule has 0 bridgehead atoms. The third-order valence-corrected chi connectivity index (χ3v) is 6.34. The molecule has 1 amide bonds. The van der Waals surface area contributed by atoms with E-state index in [1.54, 1.807) is 17.4 Å². The SMILES string of the molecule is O=C(/C=C/c1cccs1)NCC1(Sc2ccccc2)CCOCC1. The largest absolute Gasteiger partial charge is 0.381 e. The first-order valence-electron chi connectivity index (χ1n) is 8.07. The summed E-state index contributed by atoms with van der Waals surface area (Å²) < 4.78 is 5.53. The number of ether oxygens (including phenoxy) is 1. The van der Waals surface area contributed by atoms with Gasteiger partial charge in [-0.15, -0.1) is 23.1 Å². The molecule has 1 fully saturated rings. The van der Waals surface area contributed by atoms with Gasteiger partial charge < -0.3 is 10.1 Å². The molecule has 126 valence electrons. The topological polar surface area (TPSA) is 38.3 Å². The van der Waals surface area contributed by atoms with E-state index in [0.717, 1.165) is 30.9 Å². The highest BCUT2D eigenvalue weighted by Gasteiger charge is 2.34. The highest BCUT2D eigenvalue weighted by atomic mass is 32.2. The third kappa shape index (κ3) is 4.97. The standard InChI is InChI=1S/C19H21NO2S2/c21-18(9-8-16-7-4-14-23-16)20-15-19(10-12-22-13-11-19)24-17-5-2-1-3-6-17/h1-9,14H,10-13,15H2,(H,20,21)/b9-8+.